The van der Waals surface area contributed by atoms with E-state index in [1.807, 2.05) is 0 Å². The second-order valence-corrected chi connectivity index (χ2v) is 6.89. The van der Waals surface area contributed by atoms with Gasteiger partial charge in [-0.2, -0.15) is 0 Å². The van der Waals surface area contributed by atoms with Crippen LogP contribution in [0.4, 0.5) is 17.6 Å². The molecule has 12 heteroatoms. The predicted molar refractivity (Wildman–Crippen MR) is 97.2 cm³/mol. The van der Waals surface area contributed by atoms with Crippen molar-refractivity contribution in [1.82, 2.24) is 15.5 Å². The highest BCUT2D eigenvalue weighted by atomic mass is 35.5. The molecular weight excluding hydrogens is 446 g/mol. The van der Waals surface area contributed by atoms with Gasteiger partial charge in [0, 0.05) is 18.7 Å². The molecule has 0 radical (unpaired) electrons. The van der Waals surface area contributed by atoms with Crippen molar-refractivity contribution in [2.45, 2.75) is 18.3 Å². The van der Waals surface area contributed by atoms with E-state index in [9.17, 15) is 22.4 Å². The second-order valence-electron chi connectivity index (χ2n) is 6.52. The lowest BCUT2D eigenvalue weighted by molar-refractivity contribution is -0.275. The average Bonchev–Trinajstić information content (AvgIpc) is 3.15. The van der Waals surface area contributed by atoms with E-state index in [0.29, 0.717) is 5.75 Å². The number of halogens is 5. The van der Waals surface area contributed by atoms with Crippen molar-refractivity contribution < 1.29 is 36.4 Å². The molecule has 0 spiro atoms. The van der Waals surface area contributed by atoms with E-state index in [4.69, 9.17) is 20.9 Å². The summed E-state index contributed by atoms with van der Waals surface area (Å²) in [6.45, 7) is 0.112. The fourth-order valence-electron chi connectivity index (χ4n) is 3.33. The van der Waals surface area contributed by atoms with Gasteiger partial charge in [-0.3, -0.25) is 9.78 Å². The lowest BCUT2D eigenvalue weighted by Gasteiger charge is -2.38. The number of amides is 1. The van der Waals surface area contributed by atoms with Gasteiger partial charge in [-0.25, -0.2) is 4.39 Å². The van der Waals surface area contributed by atoms with E-state index in [1.165, 1.54) is 18.3 Å². The number of benzene rings is 1. The minimum Gasteiger partial charge on any atom is -0.491 e. The number of carbonyl (C=O) groups is 1. The number of aromatic nitrogens is 2. The minimum absolute atomic E-state index is 0.104. The Balaban J connectivity index is 1.81. The SMILES string of the molecule is O=C(NC1(c2ccc(OC(F)(F)F)c(F)c2)CCOc2cccnc21)c1cc(Cl)on1. The minimum atomic E-state index is -5.06. The molecule has 0 fully saturated rings. The van der Waals surface area contributed by atoms with E-state index in [-0.39, 0.29) is 35.2 Å². The van der Waals surface area contributed by atoms with Gasteiger partial charge in [0.1, 0.15) is 17.0 Å². The van der Waals surface area contributed by atoms with Crippen LogP contribution >= 0.6 is 11.6 Å². The van der Waals surface area contributed by atoms with Crippen LogP contribution in [0.25, 0.3) is 0 Å². The number of nitrogens with one attached hydrogen (secondary N) is 1. The molecule has 0 bridgehead atoms. The number of fused-ring (bicyclic) bond motifs is 1. The number of ether oxygens (including phenoxy) is 2. The van der Waals surface area contributed by atoms with E-state index in [2.05, 4.69) is 20.2 Å². The first-order valence-corrected chi connectivity index (χ1v) is 9.14. The van der Waals surface area contributed by atoms with Crippen LogP contribution in [0, 0.1) is 5.82 Å². The van der Waals surface area contributed by atoms with Crippen molar-refractivity contribution in [3.8, 4) is 11.5 Å². The van der Waals surface area contributed by atoms with Crippen LogP contribution in [0.15, 0.2) is 47.1 Å². The van der Waals surface area contributed by atoms with Gasteiger partial charge in [0.25, 0.3) is 5.91 Å². The summed E-state index contributed by atoms with van der Waals surface area (Å²) in [7, 11) is 0. The van der Waals surface area contributed by atoms with Gasteiger partial charge in [-0.1, -0.05) is 11.2 Å². The van der Waals surface area contributed by atoms with Gasteiger partial charge in [0.05, 0.1) is 6.61 Å². The zero-order valence-electron chi connectivity index (χ0n) is 15.4. The van der Waals surface area contributed by atoms with Crippen LogP contribution in [0.3, 0.4) is 0 Å². The van der Waals surface area contributed by atoms with Gasteiger partial charge < -0.3 is 19.3 Å². The Morgan fingerprint density at radius 3 is 2.74 bits per heavy atom. The van der Waals surface area contributed by atoms with Crippen molar-refractivity contribution in [3.63, 3.8) is 0 Å². The quantitative estimate of drug-likeness (QED) is 0.590. The van der Waals surface area contributed by atoms with E-state index in [1.54, 1.807) is 12.1 Å². The molecule has 7 nitrogen and oxygen atoms in total. The third-order valence-corrected chi connectivity index (χ3v) is 4.78. The van der Waals surface area contributed by atoms with Gasteiger partial charge >= 0.3 is 6.36 Å². The number of rotatable bonds is 4. The standard InChI is InChI=1S/C19H12ClF4N3O4/c20-15-9-12(27-31-15)17(28)26-18(5-7-29-14-2-1-6-25-16(14)18)10-3-4-13(11(21)8-10)30-19(22,23)24/h1-4,6,8-9H,5,7H2,(H,26,28). The molecule has 1 unspecified atom stereocenters. The Hall–Kier alpha value is -3.34. The van der Waals surface area contributed by atoms with Crippen LogP contribution in [0.1, 0.15) is 28.2 Å². The molecule has 0 saturated carbocycles. The Morgan fingerprint density at radius 2 is 2.06 bits per heavy atom. The normalized spacial score (nSPS) is 18.1. The van der Waals surface area contributed by atoms with Crippen LogP contribution in [-0.4, -0.2) is 29.0 Å². The Bertz CT molecular complexity index is 1140. The maximum atomic E-state index is 14.5. The molecule has 2 aromatic heterocycles. The fraction of sp³-hybridized carbons (Fsp3) is 0.211. The molecule has 0 saturated heterocycles. The van der Waals surface area contributed by atoms with Crippen molar-refractivity contribution in [2.24, 2.45) is 0 Å². The van der Waals surface area contributed by atoms with E-state index >= 15 is 0 Å². The van der Waals surface area contributed by atoms with E-state index < -0.39 is 29.4 Å². The number of hydrogen-bond donors (Lipinski definition) is 1. The third-order valence-electron chi connectivity index (χ3n) is 4.60. The second kappa shape index (κ2) is 7.73. The summed E-state index contributed by atoms with van der Waals surface area (Å²) in [4.78, 5) is 17.1. The summed E-state index contributed by atoms with van der Waals surface area (Å²) < 4.78 is 66.0. The molecule has 0 aliphatic carbocycles. The summed E-state index contributed by atoms with van der Waals surface area (Å²) in [6.07, 6.45) is -3.51. The lowest BCUT2D eigenvalue weighted by Crippen LogP contribution is -2.50. The maximum Gasteiger partial charge on any atom is 0.573 e. The highest BCUT2D eigenvalue weighted by Gasteiger charge is 2.43. The predicted octanol–water partition coefficient (Wildman–Crippen LogP) is 4.22. The van der Waals surface area contributed by atoms with Crippen LogP contribution in [0.2, 0.25) is 5.22 Å². The number of hydrogen-bond acceptors (Lipinski definition) is 6. The van der Waals surface area contributed by atoms with Gasteiger partial charge in [-0.05, 0) is 41.4 Å². The monoisotopic (exact) mass is 457 g/mol. The topological polar surface area (TPSA) is 86.5 Å². The molecule has 3 aromatic rings. The Morgan fingerprint density at radius 1 is 1.26 bits per heavy atom. The first-order chi connectivity index (χ1) is 14.7. The largest absolute Gasteiger partial charge is 0.573 e. The summed E-state index contributed by atoms with van der Waals surface area (Å²) in [5.74, 6) is -2.67. The van der Waals surface area contributed by atoms with Gasteiger partial charge in [0.2, 0.25) is 5.22 Å². The lowest BCUT2D eigenvalue weighted by atomic mass is 9.81. The van der Waals surface area contributed by atoms with Crippen molar-refractivity contribution in [1.29, 1.82) is 0 Å². The number of nitrogens with zero attached hydrogens (tertiary/aromatic N) is 2. The molecule has 4 rings (SSSR count). The molecule has 1 aromatic carbocycles. The smallest absolute Gasteiger partial charge is 0.491 e. The molecular formula is C19H12ClF4N3O4. The highest BCUT2D eigenvalue weighted by molar-refractivity contribution is 6.29. The summed E-state index contributed by atoms with van der Waals surface area (Å²) in [5, 5.41) is 6.16. The summed E-state index contributed by atoms with van der Waals surface area (Å²) in [6, 6.07) is 7.29. The molecule has 1 amide bonds. The first kappa shape index (κ1) is 20.9. The number of pyridine rings is 1. The highest BCUT2D eigenvalue weighted by Crippen LogP contribution is 2.42. The van der Waals surface area contributed by atoms with Gasteiger partial charge in [0.15, 0.2) is 17.3 Å². The molecule has 162 valence electrons. The number of carbonyl (C=O) groups excluding carboxylic acids is 1. The third kappa shape index (κ3) is 4.13. The molecule has 1 aliphatic heterocycles. The molecule has 3 heterocycles. The van der Waals surface area contributed by atoms with Crippen LogP contribution < -0.4 is 14.8 Å². The molecule has 1 atom stereocenters. The van der Waals surface area contributed by atoms with Crippen molar-refractivity contribution in [2.75, 3.05) is 6.61 Å². The fourth-order valence-corrected chi connectivity index (χ4v) is 3.46. The Labute approximate surface area is 176 Å². The maximum absolute atomic E-state index is 14.5. The first-order valence-electron chi connectivity index (χ1n) is 8.77. The average molecular weight is 458 g/mol. The molecule has 1 N–H and O–H groups in total. The Kier molecular flexibility index (Phi) is 5.21. The van der Waals surface area contributed by atoms with Gasteiger partial charge in [-0.15, -0.1) is 13.2 Å². The van der Waals surface area contributed by atoms with Crippen LogP contribution in [0.5, 0.6) is 11.5 Å². The van der Waals surface area contributed by atoms with E-state index in [0.717, 1.165) is 12.1 Å². The number of alkyl halides is 3. The summed E-state index contributed by atoms with van der Waals surface area (Å²) >= 11 is 5.67. The summed E-state index contributed by atoms with van der Waals surface area (Å²) in [5.41, 5.74) is -1.21. The van der Waals surface area contributed by atoms with Crippen molar-refractivity contribution >= 4 is 17.5 Å². The zero-order valence-corrected chi connectivity index (χ0v) is 16.1. The van der Waals surface area contributed by atoms with Crippen molar-refractivity contribution in [3.05, 3.63) is 70.6 Å². The zero-order chi connectivity index (χ0) is 22.2. The van der Waals surface area contributed by atoms with Crippen LogP contribution in [-0.2, 0) is 5.54 Å². The molecule has 31 heavy (non-hydrogen) atoms. The molecule has 1 aliphatic rings.